The summed E-state index contributed by atoms with van der Waals surface area (Å²) in [6, 6.07) is 4.36. The van der Waals surface area contributed by atoms with E-state index in [0.29, 0.717) is 12.2 Å². The lowest BCUT2D eigenvalue weighted by molar-refractivity contribution is 0.414. The minimum Gasteiger partial charge on any atom is -0.497 e. The van der Waals surface area contributed by atoms with E-state index in [-0.39, 0.29) is 16.0 Å². The van der Waals surface area contributed by atoms with Gasteiger partial charge in [-0.1, -0.05) is 18.5 Å². The molecule has 0 fully saturated rings. The molecule has 0 radical (unpaired) electrons. The Kier molecular flexibility index (Phi) is 4.80. The van der Waals surface area contributed by atoms with Crippen LogP contribution in [0, 0.1) is 0 Å². The van der Waals surface area contributed by atoms with Crippen LogP contribution in [-0.2, 0) is 10.0 Å². The van der Waals surface area contributed by atoms with Crippen molar-refractivity contribution in [2.75, 3.05) is 7.11 Å². The molecule has 6 heteroatoms. The van der Waals surface area contributed by atoms with E-state index in [1.807, 2.05) is 6.92 Å². The molecule has 0 aliphatic heterocycles. The molecule has 0 bridgehead atoms. The summed E-state index contributed by atoms with van der Waals surface area (Å²) in [6.07, 6.45) is 0.715. The summed E-state index contributed by atoms with van der Waals surface area (Å²) in [5.41, 5.74) is 0. The van der Waals surface area contributed by atoms with Crippen molar-refractivity contribution < 1.29 is 13.2 Å². The van der Waals surface area contributed by atoms with E-state index in [1.54, 1.807) is 13.0 Å². The molecule has 0 amide bonds. The van der Waals surface area contributed by atoms with Gasteiger partial charge in [-0.15, -0.1) is 0 Å². The average molecular weight is 278 g/mol. The SMILES string of the molecule is CCC(C)NS(=O)(=O)c1ccc(OC)cc1Cl. The van der Waals surface area contributed by atoms with Crippen LogP contribution in [0.25, 0.3) is 0 Å². The van der Waals surface area contributed by atoms with Crippen LogP contribution in [-0.4, -0.2) is 21.6 Å². The van der Waals surface area contributed by atoms with Crippen LogP contribution in [0.4, 0.5) is 0 Å². The Hall–Kier alpha value is -0.780. The highest BCUT2D eigenvalue weighted by molar-refractivity contribution is 7.89. The highest BCUT2D eigenvalue weighted by Gasteiger charge is 2.19. The molecule has 96 valence electrons. The number of hydrogen-bond acceptors (Lipinski definition) is 3. The van der Waals surface area contributed by atoms with Crippen molar-refractivity contribution in [2.45, 2.75) is 31.2 Å². The Labute approximate surface area is 107 Å². The van der Waals surface area contributed by atoms with Crippen LogP contribution in [0.1, 0.15) is 20.3 Å². The van der Waals surface area contributed by atoms with Crippen molar-refractivity contribution in [1.29, 1.82) is 0 Å². The van der Waals surface area contributed by atoms with Crippen molar-refractivity contribution >= 4 is 21.6 Å². The first kappa shape index (κ1) is 14.3. The average Bonchev–Trinajstić information content (AvgIpc) is 2.27. The second-order valence-electron chi connectivity index (χ2n) is 3.73. The molecule has 17 heavy (non-hydrogen) atoms. The lowest BCUT2D eigenvalue weighted by Gasteiger charge is -2.13. The highest BCUT2D eigenvalue weighted by Crippen LogP contribution is 2.26. The number of sulfonamides is 1. The number of nitrogens with one attached hydrogen (secondary N) is 1. The molecule has 0 aliphatic carbocycles. The first-order valence-corrected chi connectivity index (χ1v) is 7.12. The van der Waals surface area contributed by atoms with E-state index in [0.717, 1.165) is 0 Å². The van der Waals surface area contributed by atoms with Crippen LogP contribution in [0.2, 0.25) is 5.02 Å². The second kappa shape index (κ2) is 5.71. The Morgan fingerprint density at radius 3 is 2.59 bits per heavy atom. The minimum absolute atomic E-state index is 0.0697. The normalized spacial score (nSPS) is 13.4. The zero-order valence-electron chi connectivity index (χ0n) is 10.0. The number of hydrogen-bond donors (Lipinski definition) is 1. The molecular formula is C11H16ClNO3S. The van der Waals surface area contributed by atoms with Crippen molar-refractivity contribution in [3.8, 4) is 5.75 Å². The summed E-state index contributed by atoms with van der Waals surface area (Å²) < 4.78 is 31.5. The van der Waals surface area contributed by atoms with Gasteiger partial charge in [-0.3, -0.25) is 0 Å². The number of rotatable bonds is 5. The minimum atomic E-state index is -3.56. The molecular weight excluding hydrogens is 262 g/mol. The lowest BCUT2D eigenvalue weighted by atomic mass is 10.3. The predicted octanol–water partition coefficient (Wildman–Crippen LogP) is 2.43. The predicted molar refractivity (Wildman–Crippen MR) is 68.1 cm³/mol. The third-order valence-electron chi connectivity index (χ3n) is 2.40. The van der Waals surface area contributed by atoms with Gasteiger partial charge in [0.2, 0.25) is 10.0 Å². The number of methoxy groups -OCH3 is 1. The van der Waals surface area contributed by atoms with Crippen LogP contribution >= 0.6 is 11.6 Å². The zero-order chi connectivity index (χ0) is 13.1. The topological polar surface area (TPSA) is 55.4 Å². The third kappa shape index (κ3) is 3.59. The maximum atomic E-state index is 12.0. The van der Waals surface area contributed by atoms with Crippen molar-refractivity contribution in [3.63, 3.8) is 0 Å². The van der Waals surface area contributed by atoms with Crippen LogP contribution in [0.5, 0.6) is 5.75 Å². The molecule has 0 saturated carbocycles. The number of halogens is 1. The molecule has 1 rings (SSSR count). The maximum Gasteiger partial charge on any atom is 0.242 e. The van der Waals surface area contributed by atoms with Crippen molar-refractivity contribution in [2.24, 2.45) is 0 Å². The van der Waals surface area contributed by atoms with E-state index < -0.39 is 10.0 Å². The molecule has 1 aromatic carbocycles. The Morgan fingerprint density at radius 2 is 2.12 bits per heavy atom. The van der Waals surface area contributed by atoms with E-state index >= 15 is 0 Å². The first-order valence-electron chi connectivity index (χ1n) is 5.26. The van der Waals surface area contributed by atoms with Gasteiger partial charge in [0.1, 0.15) is 10.6 Å². The smallest absolute Gasteiger partial charge is 0.242 e. The van der Waals surface area contributed by atoms with Gasteiger partial charge in [0.05, 0.1) is 12.1 Å². The fourth-order valence-electron chi connectivity index (χ4n) is 1.24. The fourth-order valence-corrected chi connectivity index (χ4v) is 3.10. The quantitative estimate of drug-likeness (QED) is 0.899. The van der Waals surface area contributed by atoms with E-state index in [4.69, 9.17) is 16.3 Å². The number of benzene rings is 1. The van der Waals surface area contributed by atoms with E-state index in [1.165, 1.54) is 19.2 Å². The monoisotopic (exact) mass is 277 g/mol. The van der Waals surface area contributed by atoms with Gasteiger partial charge >= 0.3 is 0 Å². The third-order valence-corrected chi connectivity index (χ3v) is 4.47. The maximum absolute atomic E-state index is 12.0. The van der Waals surface area contributed by atoms with Crippen LogP contribution < -0.4 is 9.46 Å². The molecule has 0 heterocycles. The Balaban J connectivity index is 3.07. The molecule has 4 nitrogen and oxygen atoms in total. The van der Waals surface area contributed by atoms with Gasteiger partial charge in [0, 0.05) is 12.1 Å². The van der Waals surface area contributed by atoms with Gasteiger partial charge in [-0.2, -0.15) is 0 Å². The largest absolute Gasteiger partial charge is 0.497 e. The van der Waals surface area contributed by atoms with Crippen LogP contribution in [0.3, 0.4) is 0 Å². The first-order chi connectivity index (χ1) is 7.90. The van der Waals surface area contributed by atoms with Gasteiger partial charge in [-0.25, -0.2) is 13.1 Å². The van der Waals surface area contributed by atoms with Gasteiger partial charge in [0.25, 0.3) is 0 Å². The van der Waals surface area contributed by atoms with Gasteiger partial charge in [0.15, 0.2) is 0 Å². The van der Waals surface area contributed by atoms with Gasteiger partial charge < -0.3 is 4.74 Å². The van der Waals surface area contributed by atoms with Crippen molar-refractivity contribution in [3.05, 3.63) is 23.2 Å². The number of ether oxygens (including phenoxy) is 1. The Morgan fingerprint density at radius 1 is 1.47 bits per heavy atom. The molecule has 0 aliphatic rings. The summed E-state index contributed by atoms with van der Waals surface area (Å²) in [5, 5.41) is 0.153. The molecule has 1 aromatic rings. The van der Waals surface area contributed by atoms with E-state index in [9.17, 15) is 8.42 Å². The molecule has 1 unspecified atom stereocenters. The lowest BCUT2D eigenvalue weighted by Crippen LogP contribution is -2.32. The molecule has 0 spiro atoms. The van der Waals surface area contributed by atoms with Crippen molar-refractivity contribution in [1.82, 2.24) is 4.72 Å². The summed E-state index contributed by atoms with van der Waals surface area (Å²) in [5.74, 6) is 0.525. The summed E-state index contributed by atoms with van der Waals surface area (Å²) >= 11 is 5.92. The standard InChI is InChI=1S/C11H16ClNO3S/c1-4-8(2)13-17(14,15)11-6-5-9(16-3)7-10(11)12/h5-8,13H,4H2,1-3H3. The molecule has 1 atom stereocenters. The van der Waals surface area contributed by atoms with E-state index in [2.05, 4.69) is 4.72 Å². The van der Waals surface area contributed by atoms with Crippen LogP contribution in [0.15, 0.2) is 23.1 Å². The Bertz CT molecular complexity index is 487. The second-order valence-corrected chi connectivity index (χ2v) is 5.82. The fraction of sp³-hybridized carbons (Fsp3) is 0.455. The highest BCUT2D eigenvalue weighted by atomic mass is 35.5. The summed E-state index contributed by atoms with van der Waals surface area (Å²) in [6.45, 7) is 3.71. The van der Waals surface area contributed by atoms with Gasteiger partial charge in [-0.05, 0) is 25.5 Å². The summed E-state index contributed by atoms with van der Waals surface area (Å²) in [7, 11) is -2.07. The molecule has 0 aromatic heterocycles. The summed E-state index contributed by atoms with van der Waals surface area (Å²) in [4.78, 5) is 0.0697. The molecule has 1 N–H and O–H groups in total. The molecule has 0 saturated heterocycles. The zero-order valence-corrected chi connectivity index (χ0v) is 11.6.